The highest BCUT2D eigenvalue weighted by molar-refractivity contribution is 6.30. The average Bonchev–Trinajstić information content (AvgIpc) is 3.14. The lowest BCUT2D eigenvalue weighted by Gasteiger charge is -2.38. The van der Waals surface area contributed by atoms with Crippen LogP contribution in [0.25, 0.3) is 0 Å². The number of fused-ring (bicyclic) bond motifs is 3. The minimum absolute atomic E-state index is 0.0636. The molecular formula is C21H23ClN2O3. The van der Waals surface area contributed by atoms with Crippen LogP contribution in [0.1, 0.15) is 43.4 Å². The number of ether oxygens (including phenoxy) is 3. The summed E-state index contributed by atoms with van der Waals surface area (Å²) in [6.07, 6.45) is 2.68. The van der Waals surface area contributed by atoms with Crippen molar-refractivity contribution in [2.45, 2.75) is 38.5 Å². The lowest BCUT2D eigenvalue weighted by atomic mass is 9.96. The molecule has 2 heterocycles. The Hall–Kier alpha value is -2.40. The zero-order valence-electron chi connectivity index (χ0n) is 15.7. The molecule has 2 aromatic rings. The molecule has 0 fully saturated rings. The van der Waals surface area contributed by atoms with Crippen LogP contribution in [-0.2, 0) is 0 Å². The molecule has 0 amide bonds. The van der Waals surface area contributed by atoms with Gasteiger partial charge in [-0.05, 0) is 36.4 Å². The predicted octanol–water partition coefficient (Wildman–Crippen LogP) is 5.03. The highest BCUT2D eigenvalue weighted by Crippen LogP contribution is 2.45. The Kier molecular flexibility index (Phi) is 4.87. The van der Waals surface area contributed by atoms with Crippen molar-refractivity contribution in [2.24, 2.45) is 5.10 Å². The second-order valence-electron chi connectivity index (χ2n) is 6.76. The first kappa shape index (κ1) is 18.0. The summed E-state index contributed by atoms with van der Waals surface area (Å²) in [7, 11) is 3.28. The highest BCUT2D eigenvalue weighted by atomic mass is 35.5. The average molecular weight is 387 g/mol. The maximum Gasteiger partial charge on any atom is 0.187 e. The van der Waals surface area contributed by atoms with E-state index in [0.29, 0.717) is 16.5 Å². The molecule has 4 rings (SSSR count). The van der Waals surface area contributed by atoms with Crippen LogP contribution in [0.5, 0.6) is 17.2 Å². The summed E-state index contributed by atoms with van der Waals surface area (Å²) in [5.41, 5.74) is 3.13. The van der Waals surface area contributed by atoms with E-state index >= 15 is 0 Å². The van der Waals surface area contributed by atoms with Gasteiger partial charge in [0.25, 0.3) is 0 Å². The monoisotopic (exact) mass is 386 g/mol. The first-order valence-electron chi connectivity index (χ1n) is 9.19. The molecule has 0 saturated carbocycles. The van der Waals surface area contributed by atoms with Crippen molar-refractivity contribution in [2.75, 3.05) is 14.2 Å². The quantitative estimate of drug-likeness (QED) is 0.723. The third-order valence-electron chi connectivity index (χ3n) is 5.08. The lowest BCUT2D eigenvalue weighted by Crippen LogP contribution is -2.40. The van der Waals surface area contributed by atoms with Crippen molar-refractivity contribution in [3.05, 3.63) is 52.5 Å². The molecule has 0 unspecified atom stereocenters. The first-order chi connectivity index (χ1) is 13.1. The number of halogens is 1. The van der Waals surface area contributed by atoms with E-state index in [2.05, 4.69) is 11.9 Å². The van der Waals surface area contributed by atoms with E-state index in [-0.39, 0.29) is 12.3 Å². The molecule has 0 N–H and O–H groups in total. The summed E-state index contributed by atoms with van der Waals surface area (Å²) in [5.74, 6) is 2.32. The Morgan fingerprint density at radius 1 is 1.15 bits per heavy atom. The van der Waals surface area contributed by atoms with E-state index in [1.54, 1.807) is 14.2 Å². The number of hydrazone groups is 1. The van der Waals surface area contributed by atoms with Gasteiger partial charge in [-0.25, -0.2) is 0 Å². The maximum absolute atomic E-state index is 6.25. The summed E-state index contributed by atoms with van der Waals surface area (Å²) in [4.78, 5) is 0. The van der Waals surface area contributed by atoms with Crippen molar-refractivity contribution in [3.8, 4) is 17.2 Å². The van der Waals surface area contributed by atoms with E-state index in [0.717, 1.165) is 41.9 Å². The summed E-state index contributed by atoms with van der Waals surface area (Å²) in [6.45, 7) is 2.16. The molecule has 0 spiro atoms. The second kappa shape index (κ2) is 7.31. The summed E-state index contributed by atoms with van der Waals surface area (Å²) >= 11 is 6.25. The van der Waals surface area contributed by atoms with Crippen LogP contribution in [0.2, 0.25) is 5.02 Å². The van der Waals surface area contributed by atoms with Gasteiger partial charge in [-0.15, -0.1) is 0 Å². The van der Waals surface area contributed by atoms with Gasteiger partial charge in [0.05, 0.1) is 26.0 Å². The van der Waals surface area contributed by atoms with Gasteiger partial charge in [0, 0.05) is 29.0 Å². The summed E-state index contributed by atoms with van der Waals surface area (Å²) in [5, 5.41) is 7.73. The van der Waals surface area contributed by atoms with E-state index in [1.165, 1.54) is 0 Å². The third-order valence-corrected chi connectivity index (χ3v) is 5.32. The van der Waals surface area contributed by atoms with Crippen molar-refractivity contribution >= 4 is 17.3 Å². The minimum Gasteiger partial charge on any atom is -0.493 e. The number of rotatable bonds is 5. The van der Waals surface area contributed by atoms with Crippen LogP contribution >= 0.6 is 11.6 Å². The van der Waals surface area contributed by atoms with Crippen molar-refractivity contribution < 1.29 is 14.2 Å². The van der Waals surface area contributed by atoms with Crippen LogP contribution < -0.4 is 14.2 Å². The molecule has 0 saturated heterocycles. The molecule has 0 radical (unpaired) electrons. The Morgan fingerprint density at radius 3 is 2.70 bits per heavy atom. The Bertz CT molecular complexity index is 884. The Balaban J connectivity index is 1.71. The lowest BCUT2D eigenvalue weighted by molar-refractivity contribution is -0.0223. The zero-order chi connectivity index (χ0) is 19.0. The first-order valence-corrected chi connectivity index (χ1v) is 9.56. The Morgan fingerprint density at radius 2 is 1.96 bits per heavy atom. The molecule has 2 aliphatic heterocycles. The third kappa shape index (κ3) is 3.21. The normalized spacial score (nSPS) is 20.4. The number of hydrogen-bond acceptors (Lipinski definition) is 5. The fourth-order valence-corrected chi connectivity index (χ4v) is 3.94. The maximum atomic E-state index is 6.25. The molecule has 5 nitrogen and oxygen atoms in total. The van der Waals surface area contributed by atoms with Gasteiger partial charge in [0.1, 0.15) is 5.75 Å². The van der Waals surface area contributed by atoms with E-state index in [1.807, 2.05) is 36.4 Å². The summed E-state index contributed by atoms with van der Waals surface area (Å²) in [6, 6.07) is 11.9. The van der Waals surface area contributed by atoms with Crippen LogP contribution in [0.4, 0.5) is 0 Å². The van der Waals surface area contributed by atoms with Gasteiger partial charge in [0.15, 0.2) is 17.7 Å². The van der Waals surface area contributed by atoms with E-state index < -0.39 is 0 Å². The number of nitrogens with zero attached hydrogens (tertiary/aromatic N) is 2. The van der Waals surface area contributed by atoms with Crippen LogP contribution in [0, 0.1) is 0 Å². The molecule has 0 aliphatic carbocycles. The van der Waals surface area contributed by atoms with Gasteiger partial charge in [-0.3, -0.25) is 5.01 Å². The van der Waals surface area contributed by atoms with Gasteiger partial charge in [0.2, 0.25) is 0 Å². The molecular weight excluding hydrogens is 364 g/mol. The SMILES string of the molecule is CCC[C@@H]1Oc2ccc(Cl)cc2[C@@H]2CC(c3ccc(OC)c(OC)c3)=NN12. The highest BCUT2D eigenvalue weighted by Gasteiger charge is 2.40. The molecule has 0 aromatic heterocycles. The summed E-state index contributed by atoms with van der Waals surface area (Å²) < 4.78 is 17.0. The smallest absolute Gasteiger partial charge is 0.187 e. The number of methoxy groups -OCH3 is 2. The zero-order valence-corrected chi connectivity index (χ0v) is 16.5. The Labute approximate surface area is 164 Å². The van der Waals surface area contributed by atoms with Gasteiger partial charge < -0.3 is 14.2 Å². The topological polar surface area (TPSA) is 43.3 Å². The fraction of sp³-hybridized carbons (Fsp3) is 0.381. The predicted molar refractivity (Wildman–Crippen MR) is 106 cm³/mol. The molecule has 0 bridgehead atoms. The van der Waals surface area contributed by atoms with Crippen molar-refractivity contribution in [1.29, 1.82) is 0 Å². The van der Waals surface area contributed by atoms with E-state index in [9.17, 15) is 0 Å². The number of benzene rings is 2. The van der Waals surface area contributed by atoms with Crippen molar-refractivity contribution in [1.82, 2.24) is 5.01 Å². The number of hydrogen-bond donors (Lipinski definition) is 0. The van der Waals surface area contributed by atoms with Crippen LogP contribution in [0.15, 0.2) is 41.5 Å². The molecule has 142 valence electrons. The molecule has 2 atom stereocenters. The minimum atomic E-state index is -0.0636. The fourth-order valence-electron chi connectivity index (χ4n) is 3.76. The van der Waals surface area contributed by atoms with Crippen LogP contribution in [0.3, 0.4) is 0 Å². The second-order valence-corrected chi connectivity index (χ2v) is 7.20. The largest absolute Gasteiger partial charge is 0.493 e. The standard InChI is InChI=1S/C21H23ClN2O3/c1-4-5-21-24-17(15-11-14(22)7-9-18(15)27-21)12-16(23-24)13-6-8-19(25-2)20(10-13)26-3/h6-11,17,21H,4-5,12H2,1-3H3/t17-,21-/m0/s1. The van der Waals surface area contributed by atoms with Gasteiger partial charge in [-0.2, -0.15) is 5.10 Å². The molecule has 6 heteroatoms. The van der Waals surface area contributed by atoms with E-state index in [4.69, 9.17) is 30.9 Å². The van der Waals surface area contributed by atoms with Gasteiger partial charge in [-0.1, -0.05) is 24.9 Å². The molecule has 27 heavy (non-hydrogen) atoms. The van der Waals surface area contributed by atoms with Crippen LogP contribution in [-0.4, -0.2) is 31.2 Å². The molecule has 2 aliphatic rings. The van der Waals surface area contributed by atoms with Crippen molar-refractivity contribution in [3.63, 3.8) is 0 Å². The van der Waals surface area contributed by atoms with Gasteiger partial charge >= 0.3 is 0 Å². The molecule has 2 aromatic carbocycles.